The highest BCUT2D eigenvalue weighted by molar-refractivity contribution is 5.20. The van der Waals surface area contributed by atoms with Gasteiger partial charge in [0.05, 0.1) is 0 Å². The molecule has 0 aromatic carbocycles. The van der Waals surface area contributed by atoms with Crippen molar-refractivity contribution in [3.8, 4) is 5.88 Å². The van der Waals surface area contributed by atoms with Gasteiger partial charge >= 0.3 is 0 Å². The summed E-state index contributed by atoms with van der Waals surface area (Å²) < 4.78 is 0. The lowest BCUT2D eigenvalue weighted by atomic mass is 10.1. The summed E-state index contributed by atoms with van der Waals surface area (Å²) in [7, 11) is 0. The molecule has 1 aromatic rings. The van der Waals surface area contributed by atoms with Crippen LogP contribution in [0.1, 0.15) is 24.6 Å². The average Bonchev–Trinajstić information content (AvgIpc) is 2.74. The Morgan fingerprint density at radius 3 is 2.73 bits per heavy atom. The van der Waals surface area contributed by atoms with Gasteiger partial charge in [0.1, 0.15) is 0 Å². The second-order valence-corrected chi connectivity index (χ2v) is 3.16. The molecule has 1 fully saturated rings. The van der Waals surface area contributed by atoms with E-state index in [2.05, 4.69) is 4.98 Å². The molecule has 11 heavy (non-hydrogen) atoms. The van der Waals surface area contributed by atoms with E-state index in [4.69, 9.17) is 10.8 Å². The molecule has 60 valence electrons. The first kappa shape index (κ1) is 6.73. The molecular formula is C8H12N2O. The summed E-state index contributed by atoms with van der Waals surface area (Å²) in [4.78, 5) is 2.83. The predicted octanol–water partition coefficient (Wildman–Crippen LogP) is 1.13. The van der Waals surface area contributed by atoms with Gasteiger partial charge < -0.3 is 15.8 Å². The van der Waals surface area contributed by atoms with Crippen LogP contribution in [0, 0.1) is 5.92 Å². The van der Waals surface area contributed by atoms with Gasteiger partial charge in [-0.3, -0.25) is 0 Å². The second-order valence-electron chi connectivity index (χ2n) is 3.16. The first-order valence-corrected chi connectivity index (χ1v) is 3.91. The van der Waals surface area contributed by atoms with Crippen molar-refractivity contribution in [3.05, 3.63) is 17.8 Å². The molecule has 0 amide bonds. The Kier molecular flexibility index (Phi) is 1.39. The highest BCUT2D eigenvalue weighted by Gasteiger charge is 2.30. The second kappa shape index (κ2) is 2.27. The maximum atomic E-state index is 8.99. The van der Waals surface area contributed by atoms with Crippen molar-refractivity contribution in [2.24, 2.45) is 11.7 Å². The molecule has 1 aliphatic carbocycles. The molecule has 0 radical (unpaired) electrons. The summed E-state index contributed by atoms with van der Waals surface area (Å²) in [6.45, 7) is 0. The van der Waals surface area contributed by atoms with E-state index in [1.54, 1.807) is 6.07 Å². The Morgan fingerprint density at radius 1 is 1.55 bits per heavy atom. The van der Waals surface area contributed by atoms with Crippen LogP contribution in [0.2, 0.25) is 0 Å². The van der Waals surface area contributed by atoms with E-state index in [0.717, 1.165) is 5.69 Å². The minimum Gasteiger partial charge on any atom is -0.495 e. The maximum absolute atomic E-state index is 8.99. The largest absolute Gasteiger partial charge is 0.495 e. The van der Waals surface area contributed by atoms with Crippen LogP contribution < -0.4 is 5.73 Å². The summed E-state index contributed by atoms with van der Waals surface area (Å²) in [6, 6.07) is 3.58. The fourth-order valence-corrected chi connectivity index (χ4v) is 1.30. The summed E-state index contributed by atoms with van der Waals surface area (Å²) in [6.07, 6.45) is 2.45. The van der Waals surface area contributed by atoms with Crippen LogP contribution in [-0.2, 0) is 0 Å². The monoisotopic (exact) mass is 152 g/mol. The number of rotatable bonds is 2. The zero-order valence-corrected chi connectivity index (χ0v) is 6.25. The third-order valence-electron chi connectivity index (χ3n) is 2.18. The molecule has 1 saturated carbocycles. The lowest BCUT2D eigenvalue weighted by Crippen LogP contribution is -2.12. The van der Waals surface area contributed by atoms with Crippen LogP contribution >= 0.6 is 0 Å². The Morgan fingerprint density at radius 2 is 2.27 bits per heavy atom. The molecule has 4 N–H and O–H groups in total. The minimum absolute atomic E-state index is 0.0934. The lowest BCUT2D eigenvalue weighted by molar-refractivity contribution is 0.453. The molecule has 2 rings (SSSR count). The molecule has 3 nitrogen and oxygen atoms in total. The van der Waals surface area contributed by atoms with E-state index in [0.29, 0.717) is 5.92 Å². The van der Waals surface area contributed by atoms with E-state index < -0.39 is 0 Å². The number of aromatic nitrogens is 1. The number of hydrogen-bond donors (Lipinski definition) is 3. The number of hydrogen-bond acceptors (Lipinski definition) is 2. The molecular weight excluding hydrogens is 140 g/mol. The van der Waals surface area contributed by atoms with Crippen molar-refractivity contribution in [2.45, 2.75) is 18.9 Å². The molecule has 0 aliphatic heterocycles. The Labute approximate surface area is 65.2 Å². The fourth-order valence-electron chi connectivity index (χ4n) is 1.30. The van der Waals surface area contributed by atoms with Gasteiger partial charge in [-0.1, -0.05) is 0 Å². The van der Waals surface area contributed by atoms with Crippen LogP contribution in [-0.4, -0.2) is 10.1 Å². The highest BCUT2D eigenvalue weighted by Crippen LogP contribution is 2.39. The van der Waals surface area contributed by atoms with Crippen LogP contribution in [0.5, 0.6) is 5.88 Å². The van der Waals surface area contributed by atoms with Gasteiger partial charge in [-0.15, -0.1) is 0 Å². The topological polar surface area (TPSA) is 62.0 Å². The molecule has 1 atom stereocenters. The van der Waals surface area contributed by atoms with Crippen LogP contribution in [0.4, 0.5) is 0 Å². The van der Waals surface area contributed by atoms with Crippen molar-refractivity contribution < 1.29 is 5.11 Å². The number of H-pyrrole nitrogens is 1. The normalized spacial score (nSPS) is 20.1. The van der Waals surface area contributed by atoms with Gasteiger partial charge in [-0.05, 0) is 30.9 Å². The van der Waals surface area contributed by atoms with Gasteiger partial charge in [0, 0.05) is 11.7 Å². The standard InChI is InChI=1S/C8H12N2O/c9-8(5-1-2-5)6-3-4-7(11)10-6/h3-5,8,10-11H,1-2,9H2/t8-/m0/s1. The zero-order chi connectivity index (χ0) is 7.84. The van der Waals surface area contributed by atoms with E-state index in [9.17, 15) is 0 Å². The molecule has 0 saturated heterocycles. The van der Waals surface area contributed by atoms with Crippen molar-refractivity contribution in [1.82, 2.24) is 4.98 Å². The van der Waals surface area contributed by atoms with E-state index in [-0.39, 0.29) is 11.9 Å². The minimum atomic E-state index is 0.0934. The van der Waals surface area contributed by atoms with Crippen LogP contribution in [0.25, 0.3) is 0 Å². The fraction of sp³-hybridized carbons (Fsp3) is 0.500. The Bertz CT molecular complexity index is 252. The zero-order valence-electron chi connectivity index (χ0n) is 6.25. The quantitative estimate of drug-likeness (QED) is 0.594. The summed E-state index contributed by atoms with van der Waals surface area (Å²) in [5.41, 5.74) is 6.82. The number of nitrogens with two attached hydrogens (primary N) is 1. The Balaban J connectivity index is 2.14. The first-order chi connectivity index (χ1) is 5.27. The van der Waals surface area contributed by atoms with Crippen LogP contribution in [0.3, 0.4) is 0 Å². The predicted molar refractivity (Wildman–Crippen MR) is 42.1 cm³/mol. The van der Waals surface area contributed by atoms with Crippen molar-refractivity contribution in [1.29, 1.82) is 0 Å². The van der Waals surface area contributed by atoms with Crippen LogP contribution in [0.15, 0.2) is 12.1 Å². The van der Waals surface area contributed by atoms with Crippen molar-refractivity contribution in [3.63, 3.8) is 0 Å². The highest BCUT2D eigenvalue weighted by atomic mass is 16.3. The third-order valence-corrected chi connectivity index (χ3v) is 2.18. The number of nitrogens with one attached hydrogen (secondary N) is 1. The van der Waals surface area contributed by atoms with Gasteiger partial charge in [-0.2, -0.15) is 0 Å². The maximum Gasteiger partial charge on any atom is 0.188 e. The first-order valence-electron chi connectivity index (χ1n) is 3.91. The van der Waals surface area contributed by atoms with Crippen molar-refractivity contribution >= 4 is 0 Å². The third kappa shape index (κ3) is 1.24. The van der Waals surface area contributed by atoms with Gasteiger partial charge in [0.2, 0.25) is 0 Å². The molecule has 1 heterocycles. The SMILES string of the molecule is N[C@H](c1ccc(O)[nH]1)C1CC1. The molecule has 0 spiro atoms. The molecule has 3 heteroatoms. The average molecular weight is 152 g/mol. The molecule has 0 bridgehead atoms. The smallest absolute Gasteiger partial charge is 0.188 e. The summed E-state index contributed by atoms with van der Waals surface area (Å²) >= 11 is 0. The molecule has 1 aromatic heterocycles. The van der Waals surface area contributed by atoms with E-state index >= 15 is 0 Å². The van der Waals surface area contributed by atoms with Gasteiger partial charge in [0.25, 0.3) is 0 Å². The Hall–Kier alpha value is -0.960. The van der Waals surface area contributed by atoms with E-state index in [1.807, 2.05) is 6.07 Å². The van der Waals surface area contributed by atoms with Gasteiger partial charge in [-0.25, -0.2) is 0 Å². The molecule has 1 aliphatic rings. The number of aromatic amines is 1. The number of aromatic hydroxyl groups is 1. The summed E-state index contributed by atoms with van der Waals surface area (Å²) in [5.74, 6) is 0.837. The summed E-state index contributed by atoms with van der Waals surface area (Å²) in [5, 5.41) is 8.99. The van der Waals surface area contributed by atoms with Crippen molar-refractivity contribution in [2.75, 3.05) is 0 Å². The lowest BCUT2D eigenvalue weighted by Gasteiger charge is -2.06. The molecule has 0 unspecified atom stereocenters. The van der Waals surface area contributed by atoms with E-state index in [1.165, 1.54) is 12.8 Å². The van der Waals surface area contributed by atoms with Gasteiger partial charge in [0.15, 0.2) is 5.88 Å².